The monoisotopic (exact) mass is 238 g/mol. The number of hydrogen-bond donors (Lipinski definition) is 0. The van der Waals surface area contributed by atoms with Crippen LogP contribution in [0.25, 0.3) is 0 Å². The lowest BCUT2D eigenvalue weighted by Gasteiger charge is -2.38. The molecule has 1 saturated heterocycles. The van der Waals surface area contributed by atoms with Crippen molar-refractivity contribution in [2.45, 2.75) is 39.5 Å². The summed E-state index contributed by atoms with van der Waals surface area (Å²) in [7, 11) is 0. The highest BCUT2D eigenvalue weighted by Gasteiger charge is 2.30. The van der Waals surface area contributed by atoms with E-state index in [-0.39, 0.29) is 0 Å². The number of nitrogens with zero attached hydrogens (tertiary/aromatic N) is 2. The Kier molecular flexibility index (Phi) is 4.43. The van der Waals surface area contributed by atoms with E-state index in [0.29, 0.717) is 11.8 Å². The van der Waals surface area contributed by atoms with Gasteiger partial charge in [0.15, 0.2) is 0 Å². The molecule has 1 saturated carbocycles. The summed E-state index contributed by atoms with van der Waals surface area (Å²) in [5.74, 6) is 1.58. The summed E-state index contributed by atoms with van der Waals surface area (Å²) < 4.78 is 0. The molecule has 0 bridgehead atoms. The summed E-state index contributed by atoms with van der Waals surface area (Å²) >= 11 is 0. The van der Waals surface area contributed by atoms with E-state index in [1.54, 1.807) is 0 Å². The fourth-order valence-corrected chi connectivity index (χ4v) is 2.55. The fourth-order valence-electron chi connectivity index (χ4n) is 2.55. The van der Waals surface area contributed by atoms with E-state index in [4.69, 9.17) is 0 Å². The Morgan fingerprint density at radius 2 is 1.82 bits per heavy atom. The average Bonchev–Trinajstić information content (AvgIpc) is 2.24. The van der Waals surface area contributed by atoms with Crippen molar-refractivity contribution in [1.29, 1.82) is 0 Å². The third-order valence-electron chi connectivity index (χ3n) is 4.16. The van der Waals surface area contributed by atoms with Crippen molar-refractivity contribution in [3.63, 3.8) is 0 Å². The van der Waals surface area contributed by atoms with Crippen LogP contribution >= 0.6 is 0 Å². The lowest BCUT2D eigenvalue weighted by molar-refractivity contribution is -0.139. The molecule has 1 aliphatic heterocycles. The van der Waals surface area contributed by atoms with Gasteiger partial charge in [-0.25, -0.2) is 0 Å². The molecular weight excluding hydrogens is 212 g/mol. The standard InChI is InChI=1S/C14H26N2O/c1-12(2)6-7-15-8-10-16(11-9-15)14(17)13-4-3-5-13/h12-13H,3-11H2,1-2H3. The molecule has 2 fully saturated rings. The molecule has 0 N–H and O–H groups in total. The lowest BCUT2D eigenvalue weighted by atomic mass is 9.84. The quantitative estimate of drug-likeness (QED) is 0.747. The zero-order valence-electron chi connectivity index (χ0n) is 11.3. The van der Waals surface area contributed by atoms with Crippen molar-refractivity contribution in [2.75, 3.05) is 32.7 Å². The number of carbonyl (C=O) groups is 1. The highest BCUT2D eigenvalue weighted by molar-refractivity contribution is 5.79. The van der Waals surface area contributed by atoms with Gasteiger partial charge in [0, 0.05) is 32.1 Å². The van der Waals surface area contributed by atoms with Crippen molar-refractivity contribution >= 4 is 5.91 Å². The van der Waals surface area contributed by atoms with E-state index in [1.165, 1.54) is 19.4 Å². The van der Waals surface area contributed by atoms with Gasteiger partial charge in [0.25, 0.3) is 0 Å². The minimum Gasteiger partial charge on any atom is -0.340 e. The predicted molar refractivity (Wildman–Crippen MR) is 69.8 cm³/mol. The van der Waals surface area contributed by atoms with Gasteiger partial charge in [-0.1, -0.05) is 20.3 Å². The molecule has 98 valence electrons. The van der Waals surface area contributed by atoms with Crippen molar-refractivity contribution in [3.05, 3.63) is 0 Å². The molecule has 0 atom stereocenters. The molecule has 1 amide bonds. The summed E-state index contributed by atoms with van der Waals surface area (Å²) in [5.41, 5.74) is 0. The van der Waals surface area contributed by atoms with Crippen LogP contribution < -0.4 is 0 Å². The van der Waals surface area contributed by atoms with Gasteiger partial charge in [-0.15, -0.1) is 0 Å². The van der Waals surface area contributed by atoms with Crippen LogP contribution in [0.2, 0.25) is 0 Å². The van der Waals surface area contributed by atoms with Gasteiger partial charge in [0.2, 0.25) is 5.91 Å². The molecule has 3 nitrogen and oxygen atoms in total. The van der Waals surface area contributed by atoms with Crippen LogP contribution in [0, 0.1) is 11.8 Å². The number of piperazine rings is 1. The van der Waals surface area contributed by atoms with Crippen molar-refractivity contribution in [2.24, 2.45) is 11.8 Å². The molecule has 0 spiro atoms. The topological polar surface area (TPSA) is 23.6 Å². The van der Waals surface area contributed by atoms with Crippen LogP contribution in [-0.4, -0.2) is 48.4 Å². The maximum atomic E-state index is 12.1. The SMILES string of the molecule is CC(C)CCN1CCN(C(=O)C2CCC2)CC1. The molecule has 0 unspecified atom stereocenters. The molecule has 0 radical (unpaired) electrons. The second kappa shape index (κ2) is 5.85. The van der Waals surface area contributed by atoms with E-state index in [0.717, 1.165) is 44.9 Å². The van der Waals surface area contributed by atoms with Gasteiger partial charge >= 0.3 is 0 Å². The Morgan fingerprint density at radius 3 is 2.29 bits per heavy atom. The summed E-state index contributed by atoms with van der Waals surface area (Å²) in [4.78, 5) is 16.7. The largest absolute Gasteiger partial charge is 0.340 e. The number of rotatable bonds is 4. The maximum Gasteiger partial charge on any atom is 0.225 e. The molecule has 0 aromatic rings. The van der Waals surface area contributed by atoms with Crippen LogP contribution in [-0.2, 0) is 4.79 Å². The van der Waals surface area contributed by atoms with Crippen molar-refractivity contribution in [1.82, 2.24) is 9.80 Å². The van der Waals surface area contributed by atoms with Gasteiger partial charge in [0.1, 0.15) is 0 Å². The van der Waals surface area contributed by atoms with Gasteiger partial charge < -0.3 is 4.90 Å². The van der Waals surface area contributed by atoms with Crippen molar-refractivity contribution in [3.8, 4) is 0 Å². The summed E-state index contributed by atoms with van der Waals surface area (Å²) in [6.07, 6.45) is 4.79. The van der Waals surface area contributed by atoms with Gasteiger partial charge in [-0.05, 0) is 31.7 Å². The molecule has 2 rings (SSSR count). The minimum absolute atomic E-state index is 0.372. The molecular formula is C14H26N2O. The highest BCUT2D eigenvalue weighted by atomic mass is 16.2. The van der Waals surface area contributed by atoms with Gasteiger partial charge in [0.05, 0.1) is 0 Å². The molecule has 0 aromatic carbocycles. The second-order valence-corrected chi connectivity index (χ2v) is 5.98. The fraction of sp³-hybridized carbons (Fsp3) is 0.929. The van der Waals surface area contributed by atoms with Gasteiger partial charge in [-0.3, -0.25) is 9.69 Å². The zero-order valence-corrected chi connectivity index (χ0v) is 11.3. The highest BCUT2D eigenvalue weighted by Crippen LogP contribution is 2.28. The first kappa shape index (κ1) is 12.9. The first-order valence-electron chi connectivity index (χ1n) is 7.18. The van der Waals surface area contributed by atoms with Crippen LogP contribution in [0.4, 0.5) is 0 Å². The predicted octanol–water partition coefficient (Wildman–Crippen LogP) is 1.98. The Morgan fingerprint density at radius 1 is 1.18 bits per heavy atom. The van der Waals surface area contributed by atoms with E-state index in [9.17, 15) is 4.79 Å². The average molecular weight is 238 g/mol. The summed E-state index contributed by atoms with van der Waals surface area (Å²) in [6, 6.07) is 0. The minimum atomic E-state index is 0.372. The Balaban J connectivity index is 1.68. The first-order valence-corrected chi connectivity index (χ1v) is 7.18. The molecule has 17 heavy (non-hydrogen) atoms. The molecule has 1 heterocycles. The van der Waals surface area contributed by atoms with E-state index in [2.05, 4.69) is 23.6 Å². The lowest BCUT2D eigenvalue weighted by Crippen LogP contribution is -2.51. The van der Waals surface area contributed by atoms with Gasteiger partial charge in [-0.2, -0.15) is 0 Å². The smallest absolute Gasteiger partial charge is 0.225 e. The Bertz CT molecular complexity index is 253. The molecule has 0 aromatic heterocycles. The summed E-state index contributed by atoms with van der Waals surface area (Å²) in [6.45, 7) is 9.80. The Labute approximate surface area is 105 Å². The number of hydrogen-bond acceptors (Lipinski definition) is 2. The molecule has 1 aliphatic carbocycles. The van der Waals surface area contributed by atoms with Crippen LogP contribution in [0.1, 0.15) is 39.5 Å². The normalized spacial score (nSPS) is 22.9. The molecule has 2 aliphatic rings. The van der Waals surface area contributed by atoms with Crippen LogP contribution in [0.15, 0.2) is 0 Å². The number of amides is 1. The van der Waals surface area contributed by atoms with E-state index < -0.39 is 0 Å². The molecule has 3 heteroatoms. The van der Waals surface area contributed by atoms with E-state index >= 15 is 0 Å². The van der Waals surface area contributed by atoms with Crippen LogP contribution in [0.5, 0.6) is 0 Å². The Hall–Kier alpha value is -0.570. The summed E-state index contributed by atoms with van der Waals surface area (Å²) in [5, 5.41) is 0. The van der Waals surface area contributed by atoms with Crippen molar-refractivity contribution < 1.29 is 4.79 Å². The first-order chi connectivity index (χ1) is 8.16. The zero-order chi connectivity index (χ0) is 12.3. The maximum absolute atomic E-state index is 12.1. The third-order valence-corrected chi connectivity index (χ3v) is 4.16. The second-order valence-electron chi connectivity index (χ2n) is 5.98. The number of carbonyl (C=O) groups excluding carboxylic acids is 1. The van der Waals surface area contributed by atoms with E-state index in [1.807, 2.05) is 0 Å². The van der Waals surface area contributed by atoms with Crippen LogP contribution in [0.3, 0.4) is 0 Å². The third kappa shape index (κ3) is 3.44.